The van der Waals surface area contributed by atoms with Crippen molar-refractivity contribution in [2.24, 2.45) is 0 Å². The van der Waals surface area contributed by atoms with E-state index in [-0.39, 0.29) is 0 Å². The third-order valence-corrected chi connectivity index (χ3v) is 4.95. The van der Waals surface area contributed by atoms with Crippen LogP contribution in [0.25, 0.3) is 0 Å². The van der Waals surface area contributed by atoms with Crippen LogP contribution in [-0.2, 0) is 6.54 Å². The highest BCUT2D eigenvalue weighted by Gasteiger charge is 2.31. The van der Waals surface area contributed by atoms with Crippen LogP contribution in [-0.4, -0.2) is 22.1 Å². The van der Waals surface area contributed by atoms with Crippen molar-refractivity contribution >= 4 is 28.7 Å². The van der Waals surface area contributed by atoms with Gasteiger partial charge >= 0.3 is 0 Å². The molecule has 2 fully saturated rings. The molecule has 0 unspecified atom stereocenters. The first-order valence-corrected chi connectivity index (χ1v) is 8.26. The van der Waals surface area contributed by atoms with E-state index in [0.717, 1.165) is 11.7 Å². The van der Waals surface area contributed by atoms with Crippen molar-refractivity contribution in [3.63, 3.8) is 0 Å². The highest BCUT2D eigenvalue weighted by Crippen LogP contribution is 2.29. The molecule has 1 aromatic heterocycles. The van der Waals surface area contributed by atoms with Gasteiger partial charge in [-0.05, 0) is 60.3 Å². The molecule has 4 heteroatoms. The summed E-state index contributed by atoms with van der Waals surface area (Å²) in [5, 5.41) is 8.93. The molecule has 0 amide bonds. The van der Waals surface area contributed by atoms with Gasteiger partial charge in [-0.3, -0.25) is 0 Å². The summed E-state index contributed by atoms with van der Waals surface area (Å²) in [6, 6.07) is 3.52. The van der Waals surface area contributed by atoms with Crippen molar-refractivity contribution in [3.8, 4) is 0 Å². The van der Waals surface area contributed by atoms with Gasteiger partial charge in [-0.2, -0.15) is 11.3 Å². The Balaban J connectivity index is 1.60. The number of nitrogens with one attached hydrogen (secondary N) is 1. The minimum atomic E-state index is 0.626. The topological polar surface area (TPSA) is 15.3 Å². The summed E-state index contributed by atoms with van der Waals surface area (Å²) in [4.78, 5) is 2.40. The van der Waals surface area contributed by atoms with Gasteiger partial charge in [-0.1, -0.05) is 12.8 Å². The minimum absolute atomic E-state index is 0.626. The van der Waals surface area contributed by atoms with Gasteiger partial charge in [0.05, 0.1) is 0 Å². The Morgan fingerprint density at radius 3 is 2.72 bits per heavy atom. The molecule has 1 aromatic rings. The number of rotatable bonds is 4. The molecule has 0 bridgehead atoms. The van der Waals surface area contributed by atoms with E-state index in [1.54, 1.807) is 11.3 Å². The van der Waals surface area contributed by atoms with Gasteiger partial charge in [0.25, 0.3) is 0 Å². The molecule has 2 nitrogen and oxygen atoms in total. The molecule has 0 aliphatic heterocycles. The van der Waals surface area contributed by atoms with Gasteiger partial charge in [0, 0.05) is 18.6 Å². The van der Waals surface area contributed by atoms with Crippen molar-refractivity contribution in [1.29, 1.82) is 0 Å². The second-order valence-electron chi connectivity index (χ2n) is 5.42. The monoisotopic (exact) mass is 280 g/mol. The quantitative estimate of drug-likeness (QED) is 0.849. The van der Waals surface area contributed by atoms with E-state index in [0.29, 0.717) is 12.1 Å². The van der Waals surface area contributed by atoms with Crippen LogP contribution < -0.4 is 5.32 Å². The molecular weight excluding hydrogens is 260 g/mol. The van der Waals surface area contributed by atoms with E-state index >= 15 is 0 Å². The molecule has 0 aromatic carbocycles. The van der Waals surface area contributed by atoms with Crippen LogP contribution in [0.15, 0.2) is 16.8 Å². The molecule has 1 N–H and O–H groups in total. The summed E-state index contributed by atoms with van der Waals surface area (Å²) in [5.41, 5.74) is 1.39. The molecule has 0 atom stereocenters. The Bertz CT molecular complexity index is 392. The van der Waals surface area contributed by atoms with Gasteiger partial charge in [0.1, 0.15) is 0 Å². The highest BCUT2D eigenvalue weighted by atomic mass is 32.1. The maximum Gasteiger partial charge on any atom is 0.169 e. The fourth-order valence-corrected chi connectivity index (χ4v) is 3.70. The molecule has 3 rings (SSSR count). The lowest BCUT2D eigenvalue weighted by Gasteiger charge is -2.27. The van der Waals surface area contributed by atoms with E-state index in [1.165, 1.54) is 44.1 Å². The molecule has 2 aliphatic carbocycles. The summed E-state index contributed by atoms with van der Waals surface area (Å²) in [6.45, 7) is 0.979. The Hall–Kier alpha value is -0.610. The summed E-state index contributed by atoms with van der Waals surface area (Å²) in [5.74, 6) is 0. The predicted octanol–water partition coefficient (Wildman–Crippen LogP) is 3.53. The maximum atomic E-state index is 5.62. The zero-order valence-electron chi connectivity index (χ0n) is 10.6. The van der Waals surface area contributed by atoms with E-state index in [2.05, 4.69) is 27.0 Å². The van der Waals surface area contributed by atoms with E-state index < -0.39 is 0 Å². The van der Waals surface area contributed by atoms with Crippen LogP contribution in [0.4, 0.5) is 0 Å². The van der Waals surface area contributed by atoms with Crippen LogP contribution in [0.3, 0.4) is 0 Å². The molecule has 0 spiro atoms. The van der Waals surface area contributed by atoms with Gasteiger partial charge in [-0.15, -0.1) is 0 Å². The number of hydrogen-bond acceptors (Lipinski definition) is 2. The first-order chi connectivity index (χ1) is 8.83. The Kier molecular flexibility index (Phi) is 3.85. The zero-order chi connectivity index (χ0) is 12.4. The minimum Gasteiger partial charge on any atom is -0.360 e. The third kappa shape index (κ3) is 3.04. The van der Waals surface area contributed by atoms with E-state index in [1.807, 2.05) is 0 Å². The maximum absolute atomic E-state index is 5.62. The van der Waals surface area contributed by atoms with Crippen LogP contribution in [0.5, 0.6) is 0 Å². The highest BCUT2D eigenvalue weighted by molar-refractivity contribution is 7.80. The van der Waals surface area contributed by atoms with Crippen molar-refractivity contribution in [2.45, 2.75) is 57.2 Å². The van der Waals surface area contributed by atoms with Crippen molar-refractivity contribution in [2.75, 3.05) is 0 Å². The summed E-state index contributed by atoms with van der Waals surface area (Å²) >= 11 is 7.39. The lowest BCUT2D eigenvalue weighted by Crippen LogP contribution is -2.44. The van der Waals surface area contributed by atoms with Crippen LogP contribution in [0.2, 0.25) is 0 Å². The zero-order valence-corrected chi connectivity index (χ0v) is 12.2. The van der Waals surface area contributed by atoms with Gasteiger partial charge < -0.3 is 10.2 Å². The molecule has 98 valence electrons. The lowest BCUT2D eigenvalue weighted by molar-refractivity contribution is 0.388. The van der Waals surface area contributed by atoms with Crippen molar-refractivity contribution in [3.05, 3.63) is 22.4 Å². The van der Waals surface area contributed by atoms with E-state index in [9.17, 15) is 0 Å². The molecule has 2 aliphatic rings. The Morgan fingerprint density at radius 1 is 1.33 bits per heavy atom. The average Bonchev–Trinajstić information content (AvgIpc) is 2.87. The second-order valence-corrected chi connectivity index (χ2v) is 6.59. The van der Waals surface area contributed by atoms with Gasteiger partial charge in [0.2, 0.25) is 0 Å². The number of hydrogen-bond donors (Lipinski definition) is 1. The van der Waals surface area contributed by atoms with Crippen LogP contribution in [0, 0.1) is 0 Å². The molecule has 0 saturated heterocycles. The number of thiocarbonyl (C=S) groups is 1. The SMILES string of the molecule is S=C(NC1CCCC1)N(Cc1ccsc1)C1CC1. The lowest BCUT2D eigenvalue weighted by atomic mass is 10.2. The molecule has 18 heavy (non-hydrogen) atoms. The standard InChI is InChI=1S/C14H20N2S2/c17-14(15-12-3-1-2-4-12)16(13-5-6-13)9-11-7-8-18-10-11/h7-8,10,12-13H,1-6,9H2,(H,15,17). The summed E-state index contributed by atoms with van der Waals surface area (Å²) < 4.78 is 0. The first-order valence-electron chi connectivity index (χ1n) is 6.91. The van der Waals surface area contributed by atoms with Crippen molar-refractivity contribution in [1.82, 2.24) is 10.2 Å². The fraction of sp³-hybridized carbons (Fsp3) is 0.643. The number of thiophene rings is 1. The van der Waals surface area contributed by atoms with Gasteiger partial charge in [-0.25, -0.2) is 0 Å². The van der Waals surface area contributed by atoms with E-state index in [4.69, 9.17) is 12.2 Å². The van der Waals surface area contributed by atoms with Crippen molar-refractivity contribution < 1.29 is 0 Å². The van der Waals surface area contributed by atoms with Crippen LogP contribution >= 0.6 is 23.6 Å². The molecular formula is C14H20N2S2. The fourth-order valence-electron chi connectivity index (χ4n) is 2.66. The van der Waals surface area contributed by atoms with Gasteiger partial charge in [0.15, 0.2) is 5.11 Å². The summed E-state index contributed by atoms with van der Waals surface area (Å²) in [6.07, 6.45) is 7.89. The largest absolute Gasteiger partial charge is 0.360 e. The average molecular weight is 280 g/mol. The molecule has 2 saturated carbocycles. The molecule has 0 radical (unpaired) electrons. The summed E-state index contributed by atoms with van der Waals surface area (Å²) in [7, 11) is 0. The second kappa shape index (κ2) is 5.57. The Labute approximate surface area is 118 Å². The normalized spacial score (nSPS) is 20.0. The first kappa shape index (κ1) is 12.4. The number of nitrogens with zero attached hydrogens (tertiary/aromatic N) is 1. The predicted molar refractivity (Wildman–Crippen MR) is 80.9 cm³/mol. The third-order valence-electron chi connectivity index (χ3n) is 3.86. The van der Waals surface area contributed by atoms with Crippen LogP contribution in [0.1, 0.15) is 44.1 Å². The molecule has 1 heterocycles. The Morgan fingerprint density at radius 2 is 2.11 bits per heavy atom. The smallest absolute Gasteiger partial charge is 0.169 e.